The molecule has 3 rings (SSSR count). The fraction of sp³-hybridized carbons (Fsp3) is 0.235. The normalized spacial score (nSPS) is 13.6. The van der Waals surface area contributed by atoms with Crippen LogP contribution in [0, 0.1) is 11.3 Å². The van der Waals surface area contributed by atoms with Gasteiger partial charge in [-0.25, -0.2) is 4.98 Å². The second kappa shape index (κ2) is 6.61. The summed E-state index contributed by atoms with van der Waals surface area (Å²) in [5, 5.41) is 19.6. The number of hydrogen-bond acceptors (Lipinski definition) is 4. The summed E-state index contributed by atoms with van der Waals surface area (Å²) in [6.07, 6.45) is 2.17. The summed E-state index contributed by atoms with van der Waals surface area (Å²) < 4.78 is 0. The van der Waals surface area contributed by atoms with Gasteiger partial charge in [0.1, 0.15) is 11.1 Å². The van der Waals surface area contributed by atoms with Crippen molar-refractivity contribution >= 4 is 29.3 Å². The van der Waals surface area contributed by atoms with E-state index in [-0.39, 0.29) is 5.75 Å². The second-order valence-corrected chi connectivity index (χ2v) is 6.75. The summed E-state index contributed by atoms with van der Waals surface area (Å²) in [6, 6.07) is 11.4. The van der Waals surface area contributed by atoms with E-state index < -0.39 is 5.97 Å². The minimum absolute atomic E-state index is 0.115. The SMILES string of the molecule is N#Cc1c(-c2ccc(Cl)cc2)cc(C2CC2)nc1SCC(=O)O. The largest absolute Gasteiger partial charge is 0.481 e. The van der Waals surface area contributed by atoms with E-state index in [4.69, 9.17) is 16.7 Å². The van der Waals surface area contributed by atoms with E-state index in [0.717, 1.165) is 41.4 Å². The van der Waals surface area contributed by atoms with E-state index in [1.807, 2.05) is 18.2 Å². The highest BCUT2D eigenvalue weighted by atomic mass is 35.5. The van der Waals surface area contributed by atoms with Crippen LogP contribution in [0.5, 0.6) is 0 Å². The molecule has 0 unspecified atom stereocenters. The van der Waals surface area contributed by atoms with Gasteiger partial charge in [-0.3, -0.25) is 4.79 Å². The number of aromatic nitrogens is 1. The molecule has 0 aliphatic heterocycles. The Balaban J connectivity index is 2.10. The van der Waals surface area contributed by atoms with Gasteiger partial charge in [0.25, 0.3) is 0 Å². The smallest absolute Gasteiger partial charge is 0.313 e. The Hall–Kier alpha value is -2.03. The van der Waals surface area contributed by atoms with Gasteiger partial charge in [-0.05, 0) is 36.6 Å². The molecule has 1 aliphatic carbocycles. The third kappa shape index (κ3) is 3.66. The van der Waals surface area contributed by atoms with Crippen LogP contribution < -0.4 is 0 Å². The lowest BCUT2D eigenvalue weighted by Gasteiger charge is -2.11. The molecule has 0 saturated heterocycles. The van der Waals surface area contributed by atoms with Crippen molar-refractivity contribution < 1.29 is 9.90 Å². The summed E-state index contributed by atoms with van der Waals surface area (Å²) in [7, 11) is 0. The van der Waals surface area contributed by atoms with Crippen LogP contribution in [0.25, 0.3) is 11.1 Å². The van der Waals surface area contributed by atoms with Gasteiger partial charge < -0.3 is 5.11 Å². The first-order valence-electron chi connectivity index (χ1n) is 7.14. The highest BCUT2D eigenvalue weighted by Crippen LogP contribution is 2.42. The molecule has 6 heteroatoms. The van der Waals surface area contributed by atoms with Gasteiger partial charge in [0, 0.05) is 22.2 Å². The summed E-state index contributed by atoms with van der Waals surface area (Å²) in [5.41, 5.74) is 3.02. The summed E-state index contributed by atoms with van der Waals surface area (Å²) >= 11 is 7.03. The maximum Gasteiger partial charge on any atom is 0.313 e. The molecule has 0 spiro atoms. The predicted octanol–water partition coefficient (Wildman–Crippen LogP) is 4.33. The number of carbonyl (C=O) groups is 1. The van der Waals surface area contributed by atoms with E-state index in [9.17, 15) is 10.1 Å². The van der Waals surface area contributed by atoms with E-state index in [1.165, 1.54) is 0 Å². The van der Waals surface area contributed by atoms with E-state index in [2.05, 4.69) is 11.1 Å². The number of aliphatic carboxylic acids is 1. The molecule has 23 heavy (non-hydrogen) atoms. The van der Waals surface area contributed by atoms with Crippen LogP contribution >= 0.6 is 23.4 Å². The topological polar surface area (TPSA) is 74.0 Å². The van der Waals surface area contributed by atoms with Gasteiger partial charge in [0.2, 0.25) is 0 Å². The molecule has 0 bridgehead atoms. The molecule has 1 aromatic carbocycles. The minimum Gasteiger partial charge on any atom is -0.481 e. The van der Waals surface area contributed by atoms with Crippen molar-refractivity contribution in [1.82, 2.24) is 4.98 Å². The van der Waals surface area contributed by atoms with Crippen molar-refractivity contribution in [2.75, 3.05) is 5.75 Å². The molecule has 1 heterocycles. The number of nitriles is 1. The summed E-state index contributed by atoms with van der Waals surface area (Å²) in [4.78, 5) is 15.4. The number of rotatable bonds is 5. The molecule has 4 nitrogen and oxygen atoms in total. The van der Waals surface area contributed by atoms with Crippen molar-refractivity contribution in [2.24, 2.45) is 0 Å². The van der Waals surface area contributed by atoms with Gasteiger partial charge in [0.15, 0.2) is 0 Å². The Morgan fingerprint density at radius 3 is 2.65 bits per heavy atom. The third-order valence-corrected chi connectivity index (χ3v) is 4.81. The molecule has 1 N–H and O–H groups in total. The average Bonchev–Trinajstić information content (AvgIpc) is 3.37. The van der Waals surface area contributed by atoms with Crippen molar-refractivity contribution in [1.29, 1.82) is 5.26 Å². The minimum atomic E-state index is -0.925. The zero-order valence-electron chi connectivity index (χ0n) is 12.1. The first kappa shape index (κ1) is 15.9. The molecule has 0 atom stereocenters. The lowest BCUT2D eigenvalue weighted by atomic mass is 10.0. The Bertz CT molecular complexity index is 795. The molecule has 116 valence electrons. The number of nitrogens with zero attached hydrogens (tertiary/aromatic N) is 2. The number of carboxylic acid groups (broad SMARTS) is 1. The lowest BCUT2D eigenvalue weighted by Crippen LogP contribution is -2.02. The quantitative estimate of drug-likeness (QED) is 0.817. The fourth-order valence-corrected chi connectivity index (χ4v) is 3.18. The van der Waals surface area contributed by atoms with Crippen molar-refractivity contribution in [3.8, 4) is 17.2 Å². The fourth-order valence-electron chi connectivity index (χ4n) is 2.33. The lowest BCUT2D eigenvalue weighted by molar-refractivity contribution is -0.133. The molecule has 1 fully saturated rings. The Kier molecular flexibility index (Phi) is 4.56. The van der Waals surface area contributed by atoms with Crippen LogP contribution in [0.2, 0.25) is 5.02 Å². The Morgan fingerprint density at radius 1 is 1.39 bits per heavy atom. The van der Waals surface area contributed by atoms with Gasteiger partial charge in [-0.2, -0.15) is 5.26 Å². The van der Waals surface area contributed by atoms with Crippen LogP contribution in [0.1, 0.15) is 30.0 Å². The monoisotopic (exact) mass is 344 g/mol. The van der Waals surface area contributed by atoms with Gasteiger partial charge in [-0.15, -0.1) is 0 Å². The molecule has 0 radical (unpaired) electrons. The molecular weight excluding hydrogens is 332 g/mol. The predicted molar refractivity (Wildman–Crippen MR) is 89.7 cm³/mol. The zero-order valence-corrected chi connectivity index (χ0v) is 13.7. The number of benzene rings is 1. The first-order valence-corrected chi connectivity index (χ1v) is 8.50. The summed E-state index contributed by atoms with van der Waals surface area (Å²) in [5.74, 6) is -0.626. The van der Waals surface area contributed by atoms with Crippen molar-refractivity contribution in [3.05, 3.63) is 46.6 Å². The van der Waals surface area contributed by atoms with Crippen LogP contribution in [-0.2, 0) is 4.79 Å². The number of carboxylic acids is 1. The van der Waals surface area contributed by atoms with E-state index >= 15 is 0 Å². The van der Waals surface area contributed by atoms with Crippen molar-refractivity contribution in [2.45, 2.75) is 23.8 Å². The summed E-state index contributed by atoms with van der Waals surface area (Å²) in [6.45, 7) is 0. The second-order valence-electron chi connectivity index (χ2n) is 5.35. The zero-order chi connectivity index (χ0) is 16.4. The van der Waals surface area contributed by atoms with Gasteiger partial charge in [0.05, 0.1) is 11.3 Å². The molecule has 1 aliphatic rings. The standard InChI is InChI=1S/C17H13ClN2O2S/c18-12-5-3-10(4-6-12)13-7-15(11-1-2-11)20-17(14(13)8-19)23-9-16(21)22/h3-7,11H,1-2,9H2,(H,21,22). The number of pyridine rings is 1. The maximum atomic E-state index is 10.8. The highest BCUT2D eigenvalue weighted by molar-refractivity contribution is 7.99. The third-order valence-electron chi connectivity index (χ3n) is 3.60. The highest BCUT2D eigenvalue weighted by Gasteiger charge is 2.27. The molecule has 1 saturated carbocycles. The molecule has 2 aromatic rings. The van der Waals surface area contributed by atoms with Crippen LogP contribution in [0.15, 0.2) is 35.4 Å². The van der Waals surface area contributed by atoms with Crippen molar-refractivity contribution in [3.63, 3.8) is 0 Å². The molecule has 1 aromatic heterocycles. The van der Waals surface area contributed by atoms with Crippen LogP contribution in [-0.4, -0.2) is 21.8 Å². The van der Waals surface area contributed by atoms with E-state index in [0.29, 0.717) is 21.5 Å². The number of hydrogen-bond donors (Lipinski definition) is 1. The van der Waals surface area contributed by atoms with E-state index in [1.54, 1.807) is 12.1 Å². The van der Waals surface area contributed by atoms with Crippen LogP contribution in [0.4, 0.5) is 0 Å². The maximum absolute atomic E-state index is 10.8. The molecular formula is C17H13ClN2O2S. The van der Waals surface area contributed by atoms with Gasteiger partial charge >= 0.3 is 5.97 Å². The first-order chi connectivity index (χ1) is 11.1. The Morgan fingerprint density at radius 2 is 2.09 bits per heavy atom. The molecule has 0 amide bonds. The average molecular weight is 345 g/mol. The number of halogens is 1. The van der Waals surface area contributed by atoms with Crippen LogP contribution in [0.3, 0.4) is 0 Å². The van der Waals surface area contributed by atoms with Gasteiger partial charge in [-0.1, -0.05) is 35.5 Å². The Labute approximate surface area is 143 Å². The number of thioether (sulfide) groups is 1.